The molecule has 1 fully saturated rings. The van der Waals surface area contributed by atoms with Crippen molar-refractivity contribution in [3.63, 3.8) is 0 Å². The van der Waals surface area contributed by atoms with Gasteiger partial charge in [0.05, 0.1) is 10.6 Å². The number of amidine groups is 1. The number of carbonyl (C=O) groups excluding carboxylic acids is 1. The molecule has 1 amide bonds. The molecule has 0 unspecified atom stereocenters. The number of rotatable bonds is 2. The van der Waals surface area contributed by atoms with Crippen LogP contribution in [0.4, 0.5) is 5.69 Å². The van der Waals surface area contributed by atoms with Gasteiger partial charge in [0.1, 0.15) is 0 Å². The molecule has 116 valence electrons. The highest BCUT2D eigenvalue weighted by molar-refractivity contribution is 8.18. The maximum atomic E-state index is 12.4. The highest BCUT2D eigenvalue weighted by Crippen LogP contribution is 2.33. The summed E-state index contributed by atoms with van der Waals surface area (Å²) in [6.07, 6.45) is 1.91. The van der Waals surface area contributed by atoms with Crippen molar-refractivity contribution < 1.29 is 4.79 Å². The average molecular weight is 322 g/mol. The van der Waals surface area contributed by atoms with Gasteiger partial charge in [0, 0.05) is 7.05 Å². The second-order valence-corrected chi connectivity index (χ2v) is 6.56. The van der Waals surface area contributed by atoms with Crippen molar-refractivity contribution in [2.75, 3.05) is 7.05 Å². The second kappa shape index (κ2) is 6.42. The van der Waals surface area contributed by atoms with E-state index in [-0.39, 0.29) is 5.91 Å². The van der Waals surface area contributed by atoms with Crippen LogP contribution in [-0.2, 0) is 4.79 Å². The smallest absolute Gasteiger partial charge is 0.266 e. The minimum atomic E-state index is -0.0126. The Kier molecular flexibility index (Phi) is 4.35. The van der Waals surface area contributed by atoms with Crippen LogP contribution < -0.4 is 0 Å². The number of thioether (sulfide) groups is 1. The van der Waals surface area contributed by atoms with Gasteiger partial charge in [-0.25, -0.2) is 4.99 Å². The molecule has 1 aliphatic heterocycles. The Morgan fingerprint density at radius 1 is 1.04 bits per heavy atom. The number of carbonyl (C=O) groups is 1. The van der Waals surface area contributed by atoms with Crippen molar-refractivity contribution in [2.24, 2.45) is 4.99 Å². The summed E-state index contributed by atoms with van der Waals surface area (Å²) in [7, 11) is 1.76. The minimum absolute atomic E-state index is 0.0126. The van der Waals surface area contributed by atoms with Gasteiger partial charge in [0.25, 0.3) is 5.91 Å². The van der Waals surface area contributed by atoms with Gasteiger partial charge in [0.2, 0.25) is 0 Å². The molecule has 1 aliphatic rings. The molecule has 0 saturated carbocycles. The quantitative estimate of drug-likeness (QED) is 0.761. The average Bonchev–Trinajstić information content (AvgIpc) is 2.80. The van der Waals surface area contributed by atoms with E-state index in [1.807, 2.05) is 48.5 Å². The van der Waals surface area contributed by atoms with Crippen LogP contribution in [0.5, 0.6) is 0 Å². The molecule has 0 bridgehead atoms. The molecule has 3 rings (SSSR count). The van der Waals surface area contributed by atoms with Crippen LogP contribution in [0.3, 0.4) is 0 Å². The van der Waals surface area contributed by atoms with Crippen LogP contribution in [-0.4, -0.2) is 23.0 Å². The van der Waals surface area contributed by atoms with Gasteiger partial charge < -0.3 is 0 Å². The molecule has 0 spiro atoms. The van der Waals surface area contributed by atoms with Gasteiger partial charge in [-0.2, -0.15) is 0 Å². The number of hydrogen-bond acceptors (Lipinski definition) is 3. The predicted molar refractivity (Wildman–Crippen MR) is 97.8 cm³/mol. The van der Waals surface area contributed by atoms with Crippen molar-refractivity contribution in [1.82, 2.24) is 4.90 Å². The van der Waals surface area contributed by atoms with E-state index in [0.29, 0.717) is 10.1 Å². The van der Waals surface area contributed by atoms with E-state index in [4.69, 9.17) is 0 Å². The molecule has 0 aliphatic carbocycles. The standard InChI is InChI=1S/C19H18N2OS/c1-13-9-10-16(11-14(13)2)20-19-21(3)18(22)17(23-19)12-15-7-5-4-6-8-15/h4-12H,1-3H3. The lowest BCUT2D eigenvalue weighted by atomic mass is 10.1. The molecule has 0 aromatic heterocycles. The van der Waals surface area contributed by atoms with Gasteiger partial charge in [0.15, 0.2) is 5.17 Å². The van der Waals surface area contributed by atoms with Crippen molar-refractivity contribution >= 4 is 34.6 Å². The Balaban J connectivity index is 1.90. The molecule has 2 aromatic rings. The first-order chi connectivity index (χ1) is 11.0. The van der Waals surface area contributed by atoms with Crippen LogP contribution in [0, 0.1) is 13.8 Å². The number of hydrogen-bond donors (Lipinski definition) is 0. The van der Waals surface area contributed by atoms with E-state index in [1.54, 1.807) is 11.9 Å². The highest BCUT2D eigenvalue weighted by Gasteiger charge is 2.30. The number of amides is 1. The van der Waals surface area contributed by atoms with E-state index < -0.39 is 0 Å². The van der Waals surface area contributed by atoms with Crippen LogP contribution in [0.15, 0.2) is 58.4 Å². The Morgan fingerprint density at radius 3 is 2.48 bits per heavy atom. The third-order valence-electron chi connectivity index (χ3n) is 3.82. The molecule has 23 heavy (non-hydrogen) atoms. The normalized spacial score (nSPS) is 18.2. The summed E-state index contributed by atoms with van der Waals surface area (Å²) in [5.41, 5.74) is 4.33. The van der Waals surface area contributed by atoms with E-state index >= 15 is 0 Å². The molecular formula is C19H18N2OS. The van der Waals surface area contributed by atoms with Crippen LogP contribution in [0.2, 0.25) is 0 Å². The van der Waals surface area contributed by atoms with Gasteiger partial charge >= 0.3 is 0 Å². The summed E-state index contributed by atoms with van der Waals surface area (Å²) in [5.74, 6) is -0.0126. The molecule has 1 saturated heterocycles. The first kappa shape index (κ1) is 15.6. The minimum Gasteiger partial charge on any atom is -0.290 e. The summed E-state index contributed by atoms with van der Waals surface area (Å²) in [5, 5.41) is 0.709. The van der Waals surface area contributed by atoms with Gasteiger partial charge in [-0.15, -0.1) is 0 Å². The third kappa shape index (κ3) is 3.37. The number of aliphatic imine (C=N–C) groups is 1. The summed E-state index contributed by atoms with van der Waals surface area (Å²) in [6, 6.07) is 15.9. The monoisotopic (exact) mass is 322 g/mol. The van der Waals surface area contributed by atoms with Crippen LogP contribution in [0.25, 0.3) is 6.08 Å². The molecule has 3 nitrogen and oxygen atoms in total. The summed E-state index contributed by atoms with van der Waals surface area (Å²) in [6.45, 7) is 4.14. The Hall–Kier alpha value is -2.33. The van der Waals surface area contributed by atoms with Crippen molar-refractivity contribution in [3.8, 4) is 0 Å². The molecule has 0 radical (unpaired) electrons. The number of nitrogens with zero attached hydrogens (tertiary/aromatic N) is 2. The number of likely N-dealkylation sites (N-methyl/N-ethyl adjacent to an activating group) is 1. The van der Waals surface area contributed by atoms with Crippen LogP contribution >= 0.6 is 11.8 Å². The summed E-state index contributed by atoms with van der Waals surface area (Å²) >= 11 is 1.41. The van der Waals surface area contributed by atoms with Gasteiger partial charge in [-0.05, 0) is 60.5 Å². The van der Waals surface area contributed by atoms with Gasteiger partial charge in [-0.3, -0.25) is 9.69 Å². The zero-order valence-corrected chi connectivity index (χ0v) is 14.2. The third-order valence-corrected chi connectivity index (χ3v) is 4.88. The first-order valence-electron chi connectivity index (χ1n) is 7.43. The topological polar surface area (TPSA) is 32.7 Å². The fraction of sp³-hybridized carbons (Fsp3) is 0.158. The lowest BCUT2D eigenvalue weighted by molar-refractivity contribution is -0.121. The van der Waals surface area contributed by atoms with E-state index in [2.05, 4.69) is 24.9 Å². The maximum Gasteiger partial charge on any atom is 0.266 e. The number of benzene rings is 2. The molecule has 4 heteroatoms. The van der Waals surface area contributed by atoms with Crippen molar-refractivity contribution in [3.05, 3.63) is 70.1 Å². The Labute approximate surface area is 140 Å². The maximum absolute atomic E-state index is 12.4. The van der Waals surface area contributed by atoms with Gasteiger partial charge in [-0.1, -0.05) is 36.4 Å². The van der Waals surface area contributed by atoms with E-state index in [9.17, 15) is 4.79 Å². The fourth-order valence-corrected chi connectivity index (χ4v) is 3.24. The molecule has 2 aromatic carbocycles. The summed E-state index contributed by atoms with van der Waals surface area (Å²) < 4.78 is 0. The summed E-state index contributed by atoms with van der Waals surface area (Å²) in [4.78, 5) is 19.3. The predicted octanol–water partition coefficient (Wildman–Crippen LogP) is 4.54. The van der Waals surface area contributed by atoms with Crippen LogP contribution in [0.1, 0.15) is 16.7 Å². The lowest BCUT2D eigenvalue weighted by Crippen LogP contribution is -2.23. The SMILES string of the molecule is Cc1ccc(N=C2SC(=Cc3ccccc3)C(=O)N2C)cc1C. The van der Waals surface area contributed by atoms with Crippen molar-refractivity contribution in [2.45, 2.75) is 13.8 Å². The van der Waals surface area contributed by atoms with E-state index in [1.165, 1.54) is 22.9 Å². The zero-order valence-electron chi connectivity index (χ0n) is 13.4. The Bertz CT molecular complexity index is 809. The highest BCUT2D eigenvalue weighted by atomic mass is 32.2. The lowest BCUT2D eigenvalue weighted by Gasteiger charge is -2.08. The Morgan fingerprint density at radius 2 is 1.78 bits per heavy atom. The largest absolute Gasteiger partial charge is 0.290 e. The number of aryl methyl sites for hydroxylation is 2. The molecular weight excluding hydrogens is 304 g/mol. The molecule has 1 heterocycles. The van der Waals surface area contributed by atoms with Crippen molar-refractivity contribution in [1.29, 1.82) is 0 Å². The zero-order chi connectivity index (χ0) is 16.4. The first-order valence-corrected chi connectivity index (χ1v) is 8.25. The van der Waals surface area contributed by atoms with E-state index in [0.717, 1.165) is 11.3 Å². The second-order valence-electron chi connectivity index (χ2n) is 5.55. The molecule has 0 N–H and O–H groups in total. The molecule has 0 atom stereocenters. The fourth-order valence-electron chi connectivity index (χ4n) is 2.26.